The molecule has 106 valence electrons. The van der Waals surface area contributed by atoms with Gasteiger partial charge in [-0.3, -0.25) is 0 Å². The predicted molar refractivity (Wildman–Crippen MR) is 85.3 cm³/mol. The molecule has 0 aliphatic heterocycles. The monoisotopic (exact) mass is 269 g/mol. The fourth-order valence-corrected chi connectivity index (χ4v) is 2.42. The summed E-state index contributed by atoms with van der Waals surface area (Å²) in [6.45, 7) is 7.40. The quantitative estimate of drug-likeness (QED) is 0.871. The highest BCUT2D eigenvalue weighted by Crippen LogP contribution is 2.31. The lowest BCUT2D eigenvalue weighted by Crippen LogP contribution is -2.17. The summed E-state index contributed by atoms with van der Waals surface area (Å²) in [5.74, 6) is 0.920. The Labute approximate surface area is 121 Å². The molecular formula is C18H23NO. The number of rotatable bonds is 5. The second-order valence-corrected chi connectivity index (χ2v) is 5.11. The van der Waals surface area contributed by atoms with Crippen LogP contribution in [0.5, 0.6) is 5.75 Å². The summed E-state index contributed by atoms with van der Waals surface area (Å²) in [4.78, 5) is 0. The van der Waals surface area contributed by atoms with E-state index < -0.39 is 0 Å². The molecule has 0 aliphatic rings. The van der Waals surface area contributed by atoms with Gasteiger partial charge in [-0.15, -0.1) is 0 Å². The number of methoxy groups -OCH3 is 1. The summed E-state index contributed by atoms with van der Waals surface area (Å²) in [5, 5.41) is 3.43. The minimum atomic E-state index is 0.383. The van der Waals surface area contributed by atoms with Crippen molar-refractivity contribution in [2.24, 2.45) is 0 Å². The number of aryl methyl sites for hydroxylation is 1. The van der Waals surface area contributed by atoms with E-state index in [1.807, 2.05) is 6.07 Å². The van der Waals surface area contributed by atoms with Gasteiger partial charge in [-0.1, -0.05) is 42.8 Å². The van der Waals surface area contributed by atoms with Crippen LogP contribution in [0.3, 0.4) is 0 Å². The average Bonchev–Trinajstić information content (AvgIpc) is 2.47. The van der Waals surface area contributed by atoms with Gasteiger partial charge in [-0.2, -0.15) is 0 Å². The van der Waals surface area contributed by atoms with Crippen molar-refractivity contribution in [2.45, 2.75) is 26.8 Å². The van der Waals surface area contributed by atoms with Crippen LogP contribution in [0.2, 0.25) is 0 Å². The van der Waals surface area contributed by atoms with Crippen molar-refractivity contribution in [3.05, 3.63) is 53.6 Å². The third-order valence-electron chi connectivity index (χ3n) is 3.59. The standard InChI is InChI=1S/C18H23NO/c1-5-19-14(3)15-7-9-16(10-8-15)17-12-13(2)6-11-18(17)20-4/h6-12,14,19H,5H2,1-4H3. The van der Waals surface area contributed by atoms with Crippen LogP contribution in [-0.4, -0.2) is 13.7 Å². The third-order valence-corrected chi connectivity index (χ3v) is 3.59. The normalized spacial score (nSPS) is 12.2. The molecule has 2 aromatic carbocycles. The molecule has 2 rings (SSSR count). The highest BCUT2D eigenvalue weighted by Gasteiger charge is 2.08. The molecule has 0 amide bonds. The summed E-state index contributed by atoms with van der Waals surface area (Å²) in [6.07, 6.45) is 0. The van der Waals surface area contributed by atoms with Gasteiger partial charge in [0.25, 0.3) is 0 Å². The van der Waals surface area contributed by atoms with Crippen molar-refractivity contribution in [2.75, 3.05) is 13.7 Å². The zero-order valence-electron chi connectivity index (χ0n) is 12.7. The van der Waals surface area contributed by atoms with E-state index in [0.29, 0.717) is 6.04 Å². The molecule has 1 atom stereocenters. The van der Waals surface area contributed by atoms with Crippen LogP contribution in [0.1, 0.15) is 31.0 Å². The molecule has 2 heteroatoms. The second-order valence-electron chi connectivity index (χ2n) is 5.11. The molecule has 0 saturated heterocycles. The largest absolute Gasteiger partial charge is 0.496 e. The van der Waals surface area contributed by atoms with Crippen molar-refractivity contribution >= 4 is 0 Å². The number of hydrogen-bond donors (Lipinski definition) is 1. The van der Waals surface area contributed by atoms with Gasteiger partial charge in [-0.25, -0.2) is 0 Å². The SMILES string of the molecule is CCNC(C)c1ccc(-c2cc(C)ccc2OC)cc1. The molecule has 0 heterocycles. The van der Waals surface area contributed by atoms with E-state index in [-0.39, 0.29) is 0 Å². The Bertz CT molecular complexity index is 560. The second kappa shape index (κ2) is 6.58. The van der Waals surface area contributed by atoms with Crippen molar-refractivity contribution < 1.29 is 4.74 Å². The first kappa shape index (κ1) is 14.6. The minimum absolute atomic E-state index is 0.383. The van der Waals surface area contributed by atoms with Gasteiger partial charge >= 0.3 is 0 Å². The highest BCUT2D eigenvalue weighted by atomic mass is 16.5. The van der Waals surface area contributed by atoms with Crippen LogP contribution >= 0.6 is 0 Å². The fraction of sp³-hybridized carbons (Fsp3) is 0.333. The molecule has 1 N–H and O–H groups in total. The molecule has 20 heavy (non-hydrogen) atoms. The number of ether oxygens (including phenoxy) is 1. The van der Waals surface area contributed by atoms with Crippen molar-refractivity contribution in [3.63, 3.8) is 0 Å². The van der Waals surface area contributed by atoms with Crippen LogP contribution in [0.4, 0.5) is 0 Å². The van der Waals surface area contributed by atoms with Crippen LogP contribution in [0.15, 0.2) is 42.5 Å². The molecule has 0 spiro atoms. The molecule has 0 radical (unpaired) electrons. The molecule has 0 bridgehead atoms. The molecule has 2 nitrogen and oxygen atoms in total. The summed E-state index contributed by atoms with van der Waals surface area (Å²) in [6, 6.07) is 15.4. The fourth-order valence-electron chi connectivity index (χ4n) is 2.42. The summed E-state index contributed by atoms with van der Waals surface area (Å²) in [7, 11) is 1.72. The molecule has 0 fully saturated rings. The first-order chi connectivity index (χ1) is 9.65. The van der Waals surface area contributed by atoms with Gasteiger partial charge in [0.1, 0.15) is 5.75 Å². The number of nitrogens with one attached hydrogen (secondary N) is 1. The first-order valence-corrected chi connectivity index (χ1v) is 7.14. The van der Waals surface area contributed by atoms with Crippen LogP contribution in [0, 0.1) is 6.92 Å². The first-order valence-electron chi connectivity index (χ1n) is 7.14. The molecule has 0 aromatic heterocycles. The van der Waals surface area contributed by atoms with Gasteiger partial charge < -0.3 is 10.1 Å². The zero-order valence-corrected chi connectivity index (χ0v) is 12.7. The third kappa shape index (κ3) is 3.20. The number of hydrogen-bond acceptors (Lipinski definition) is 2. The Balaban J connectivity index is 2.32. The Morgan fingerprint density at radius 2 is 1.80 bits per heavy atom. The lowest BCUT2D eigenvalue weighted by molar-refractivity contribution is 0.416. The summed E-state index contributed by atoms with van der Waals surface area (Å²) in [5.41, 5.74) is 4.89. The number of benzene rings is 2. The summed E-state index contributed by atoms with van der Waals surface area (Å²) < 4.78 is 5.46. The maximum atomic E-state index is 5.46. The topological polar surface area (TPSA) is 21.3 Å². The van der Waals surface area contributed by atoms with Gasteiger partial charge in [0.05, 0.1) is 7.11 Å². The zero-order chi connectivity index (χ0) is 14.5. The van der Waals surface area contributed by atoms with Crippen molar-refractivity contribution in [1.82, 2.24) is 5.32 Å². The van der Waals surface area contributed by atoms with Crippen LogP contribution in [-0.2, 0) is 0 Å². The van der Waals surface area contributed by atoms with Crippen LogP contribution < -0.4 is 10.1 Å². The molecule has 1 unspecified atom stereocenters. The molecule has 0 aliphatic carbocycles. The highest BCUT2D eigenvalue weighted by molar-refractivity contribution is 5.71. The maximum absolute atomic E-state index is 5.46. The molecular weight excluding hydrogens is 246 g/mol. The Morgan fingerprint density at radius 3 is 2.40 bits per heavy atom. The van der Waals surface area contributed by atoms with E-state index in [1.165, 1.54) is 16.7 Å². The van der Waals surface area contributed by atoms with Gasteiger partial charge in [0.2, 0.25) is 0 Å². The van der Waals surface area contributed by atoms with Gasteiger partial charge in [-0.05, 0) is 43.7 Å². The Morgan fingerprint density at radius 1 is 1.10 bits per heavy atom. The Hall–Kier alpha value is -1.80. The predicted octanol–water partition coefficient (Wildman–Crippen LogP) is 4.34. The van der Waals surface area contributed by atoms with Crippen LogP contribution in [0.25, 0.3) is 11.1 Å². The van der Waals surface area contributed by atoms with Gasteiger partial charge in [0.15, 0.2) is 0 Å². The Kier molecular flexibility index (Phi) is 4.80. The van der Waals surface area contributed by atoms with E-state index >= 15 is 0 Å². The lowest BCUT2D eigenvalue weighted by atomic mass is 9.99. The van der Waals surface area contributed by atoms with Crippen molar-refractivity contribution in [3.8, 4) is 16.9 Å². The molecule has 2 aromatic rings. The van der Waals surface area contributed by atoms with E-state index in [1.54, 1.807) is 7.11 Å². The molecule has 0 saturated carbocycles. The van der Waals surface area contributed by atoms with E-state index in [0.717, 1.165) is 17.9 Å². The van der Waals surface area contributed by atoms with Gasteiger partial charge in [0, 0.05) is 11.6 Å². The van der Waals surface area contributed by atoms with E-state index in [2.05, 4.69) is 62.5 Å². The minimum Gasteiger partial charge on any atom is -0.496 e. The van der Waals surface area contributed by atoms with E-state index in [9.17, 15) is 0 Å². The summed E-state index contributed by atoms with van der Waals surface area (Å²) >= 11 is 0. The lowest BCUT2D eigenvalue weighted by Gasteiger charge is -2.14. The maximum Gasteiger partial charge on any atom is 0.126 e. The van der Waals surface area contributed by atoms with Crippen molar-refractivity contribution in [1.29, 1.82) is 0 Å². The smallest absolute Gasteiger partial charge is 0.126 e. The van der Waals surface area contributed by atoms with E-state index in [4.69, 9.17) is 4.74 Å². The average molecular weight is 269 g/mol.